The summed E-state index contributed by atoms with van der Waals surface area (Å²) in [6.45, 7) is 2.73. The summed E-state index contributed by atoms with van der Waals surface area (Å²) in [4.78, 5) is 11.4. The summed E-state index contributed by atoms with van der Waals surface area (Å²) in [5, 5.41) is 0. The maximum atomic E-state index is 12.2. The van der Waals surface area contributed by atoms with Gasteiger partial charge in [0, 0.05) is 13.0 Å². The average molecular weight is 400 g/mol. The molecule has 6 nitrogen and oxygen atoms in total. The van der Waals surface area contributed by atoms with Crippen molar-refractivity contribution in [3.05, 3.63) is 24.3 Å². The van der Waals surface area contributed by atoms with Crippen LogP contribution in [0.3, 0.4) is 0 Å². The first-order valence-electron chi connectivity index (χ1n) is 9.79. The molecule has 0 spiro atoms. The molecule has 1 aromatic carbocycles. The van der Waals surface area contributed by atoms with E-state index in [-0.39, 0.29) is 10.9 Å². The van der Waals surface area contributed by atoms with E-state index in [2.05, 4.69) is 4.72 Å². The van der Waals surface area contributed by atoms with Gasteiger partial charge in [0.15, 0.2) is 0 Å². The molecular formula is C20H33NO5S. The Morgan fingerprint density at radius 2 is 1.48 bits per heavy atom. The van der Waals surface area contributed by atoms with Crippen LogP contribution in [0, 0.1) is 0 Å². The van der Waals surface area contributed by atoms with Crippen molar-refractivity contribution in [3.63, 3.8) is 0 Å². The van der Waals surface area contributed by atoms with E-state index in [1.54, 1.807) is 31.4 Å². The van der Waals surface area contributed by atoms with Gasteiger partial charge in [0.25, 0.3) is 0 Å². The van der Waals surface area contributed by atoms with Gasteiger partial charge in [-0.1, -0.05) is 38.5 Å². The lowest BCUT2D eigenvalue weighted by Gasteiger charge is -2.07. The number of methoxy groups -OCH3 is 1. The van der Waals surface area contributed by atoms with Gasteiger partial charge in [-0.25, -0.2) is 13.1 Å². The van der Waals surface area contributed by atoms with Gasteiger partial charge in [-0.15, -0.1) is 0 Å². The Morgan fingerprint density at radius 1 is 0.926 bits per heavy atom. The molecule has 0 aliphatic carbocycles. The van der Waals surface area contributed by atoms with Gasteiger partial charge in [-0.3, -0.25) is 4.79 Å². The van der Waals surface area contributed by atoms with Crippen molar-refractivity contribution >= 4 is 16.0 Å². The van der Waals surface area contributed by atoms with Crippen molar-refractivity contribution < 1.29 is 22.7 Å². The third-order valence-corrected chi connectivity index (χ3v) is 5.75. The SMILES string of the molecule is CCOC(=O)CCCCCCCCCCNS(=O)(=O)c1ccc(OC)cc1. The monoisotopic (exact) mass is 399 g/mol. The van der Waals surface area contributed by atoms with Crippen LogP contribution in [0.2, 0.25) is 0 Å². The second-order valence-corrected chi connectivity index (χ2v) is 8.22. The van der Waals surface area contributed by atoms with E-state index in [0.717, 1.165) is 51.4 Å². The first-order valence-corrected chi connectivity index (χ1v) is 11.3. The quantitative estimate of drug-likeness (QED) is 0.355. The highest BCUT2D eigenvalue weighted by atomic mass is 32.2. The standard InChI is InChI=1S/C20H33NO5S/c1-3-26-20(22)12-10-8-6-4-5-7-9-11-17-21-27(23,24)19-15-13-18(25-2)14-16-19/h13-16,21H,3-12,17H2,1-2H3. The third kappa shape index (κ3) is 10.3. The molecule has 0 amide bonds. The van der Waals surface area contributed by atoms with E-state index in [9.17, 15) is 13.2 Å². The number of hydrogen-bond donors (Lipinski definition) is 1. The molecule has 0 aliphatic rings. The normalized spacial score (nSPS) is 11.3. The minimum atomic E-state index is -3.45. The number of hydrogen-bond acceptors (Lipinski definition) is 5. The van der Waals surface area contributed by atoms with Crippen LogP contribution in [0.1, 0.15) is 64.7 Å². The number of unbranched alkanes of at least 4 members (excludes halogenated alkanes) is 7. The van der Waals surface area contributed by atoms with E-state index in [0.29, 0.717) is 25.3 Å². The number of sulfonamides is 1. The van der Waals surface area contributed by atoms with Crippen molar-refractivity contribution in [1.82, 2.24) is 4.72 Å². The molecule has 27 heavy (non-hydrogen) atoms. The largest absolute Gasteiger partial charge is 0.497 e. The lowest BCUT2D eigenvalue weighted by molar-refractivity contribution is -0.143. The summed E-state index contributed by atoms with van der Waals surface area (Å²) in [5.41, 5.74) is 0. The molecule has 1 rings (SSSR count). The van der Waals surface area contributed by atoms with Crippen LogP contribution in [-0.4, -0.2) is 34.6 Å². The van der Waals surface area contributed by atoms with Crippen LogP contribution < -0.4 is 9.46 Å². The Balaban J connectivity index is 2.02. The fourth-order valence-electron chi connectivity index (χ4n) is 2.73. The predicted molar refractivity (Wildman–Crippen MR) is 106 cm³/mol. The molecule has 0 saturated heterocycles. The third-order valence-electron chi connectivity index (χ3n) is 4.27. The number of carbonyl (C=O) groups is 1. The maximum Gasteiger partial charge on any atom is 0.305 e. The van der Waals surface area contributed by atoms with Gasteiger partial charge >= 0.3 is 5.97 Å². The summed E-state index contributed by atoms with van der Waals surface area (Å²) >= 11 is 0. The van der Waals surface area contributed by atoms with Crippen molar-refractivity contribution in [2.75, 3.05) is 20.3 Å². The van der Waals surface area contributed by atoms with Crippen LogP contribution in [0.5, 0.6) is 5.75 Å². The first-order chi connectivity index (χ1) is 13.0. The molecule has 1 N–H and O–H groups in total. The molecule has 7 heteroatoms. The molecule has 0 unspecified atom stereocenters. The summed E-state index contributed by atoms with van der Waals surface area (Å²) in [5.74, 6) is 0.532. The molecule has 0 bridgehead atoms. The van der Waals surface area contributed by atoms with Gasteiger partial charge in [-0.05, 0) is 44.0 Å². The molecule has 0 saturated carbocycles. The Morgan fingerprint density at radius 3 is 2.04 bits per heavy atom. The fraction of sp³-hybridized carbons (Fsp3) is 0.650. The summed E-state index contributed by atoms with van der Waals surface area (Å²) in [7, 11) is -1.90. The number of nitrogens with one attached hydrogen (secondary N) is 1. The minimum absolute atomic E-state index is 0.102. The summed E-state index contributed by atoms with van der Waals surface area (Å²) in [6, 6.07) is 6.37. The smallest absolute Gasteiger partial charge is 0.305 e. The second-order valence-electron chi connectivity index (χ2n) is 6.46. The molecule has 0 heterocycles. The summed E-state index contributed by atoms with van der Waals surface area (Å²) in [6.07, 6.45) is 8.83. The first kappa shape index (κ1) is 23.4. The van der Waals surface area contributed by atoms with E-state index in [4.69, 9.17) is 9.47 Å². The molecule has 0 radical (unpaired) electrons. The van der Waals surface area contributed by atoms with Crippen LogP contribution in [0.25, 0.3) is 0 Å². The van der Waals surface area contributed by atoms with Crippen LogP contribution >= 0.6 is 0 Å². The highest BCUT2D eigenvalue weighted by molar-refractivity contribution is 7.89. The Hall–Kier alpha value is -1.60. The number of rotatable bonds is 15. The molecule has 0 aromatic heterocycles. The lowest BCUT2D eigenvalue weighted by atomic mass is 10.1. The lowest BCUT2D eigenvalue weighted by Crippen LogP contribution is -2.24. The molecule has 0 fully saturated rings. The maximum absolute atomic E-state index is 12.2. The summed E-state index contributed by atoms with van der Waals surface area (Å²) < 4.78 is 36.9. The highest BCUT2D eigenvalue weighted by Gasteiger charge is 2.12. The Bertz CT molecular complexity index is 628. The zero-order chi connectivity index (χ0) is 20.0. The van der Waals surface area contributed by atoms with Crippen molar-refractivity contribution in [2.24, 2.45) is 0 Å². The van der Waals surface area contributed by atoms with Gasteiger partial charge < -0.3 is 9.47 Å². The van der Waals surface area contributed by atoms with Crippen molar-refractivity contribution in [1.29, 1.82) is 0 Å². The highest BCUT2D eigenvalue weighted by Crippen LogP contribution is 2.15. The minimum Gasteiger partial charge on any atom is -0.497 e. The van der Waals surface area contributed by atoms with E-state index in [1.165, 1.54) is 0 Å². The Labute approximate surface area is 163 Å². The number of carbonyl (C=O) groups excluding carboxylic acids is 1. The number of benzene rings is 1. The molecular weight excluding hydrogens is 366 g/mol. The van der Waals surface area contributed by atoms with Crippen molar-refractivity contribution in [2.45, 2.75) is 69.6 Å². The molecule has 0 atom stereocenters. The fourth-order valence-corrected chi connectivity index (χ4v) is 3.81. The zero-order valence-corrected chi connectivity index (χ0v) is 17.4. The number of esters is 1. The molecule has 154 valence electrons. The van der Waals surface area contributed by atoms with Gasteiger partial charge in [0.2, 0.25) is 10.0 Å². The van der Waals surface area contributed by atoms with Crippen LogP contribution in [-0.2, 0) is 19.6 Å². The van der Waals surface area contributed by atoms with Gasteiger partial charge in [0.05, 0.1) is 18.6 Å². The predicted octanol–water partition coefficient (Wildman–Crippen LogP) is 4.05. The Kier molecular flexibility index (Phi) is 11.8. The topological polar surface area (TPSA) is 81.7 Å². The van der Waals surface area contributed by atoms with Gasteiger partial charge in [-0.2, -0.15) is 0 Å². The van der Waals surface area contributed by atoms with Crippen LogP contribution in [0.15, 0.2) is 29.2 Å². The van der Waals surface area contributed by atoms with E-state index < -0.39 is 10.0 Å². The average Bonchev–Trinajstić information content (AvgIpc) is 2.66. The van der Waals surface area contributed by atoms with E-state index in [1.807, 2.05) is 6.92 Å². The van der Waals surface area contributed by atoms with Crippen molar-refractivity contribution in [3.8, 4) is 5.75 Å². The molecule has 1 aromatic rings. The zero-order valence-electron chi connectivity index (χ0n) is 16.5. The van der Waals surface area contributed by atoms with E-state index >= 15 is 0 Å². The second kappa shape index (κ2) is 13.6. The van der Waals surface area contributed by atoms with Crippen LogP contribution in [0.4, 0.5) is 0 Å². The van der Waals surface area contributed by atoms with Gasteiger partial charge in [0.1, 0.15) is 5.75 Å². The molecule has 0 aliphatic heterocycles. The number of ether oxygens (including phenoxy) is 2.